The summed E-state index contributed by atoms with van der Waals surface area (Å²) in [5, 5.41) is 13.9. The van der Waals surface area contributed by atoms with E-state index in [1.807, 2.05) is 27.2 Å². The smallest absolute Gasteiger partial charge is 0.387 e. The number of phosphoric acid groups is 1. The number of aliphatic hydroxyl groups excluding tert-OH is 1. The van der Waals surface area contributed by atoms with E-state index in [1.165, 1.54) is 89.9 Å². The van der Waals surface area contributed by atoms with Crippen LogP contribution < -0.4 is 5.32 Å². The Morgan fingerprint density at radius 3 is 1.19 bits per heavy atom. The minimum Gasteiger partial charge on any atom is -0.387 e. The number of quaternary nitrogens is 1. The first-order valence-electron chi connectivity index (χ1n) is 30.7. The minimum atomic E-state index is -4.37. The Balaban J connectivity index is 4.19. The summed E-state index contributed by atoms with van der Waals surface area (Å²) in [6.45, 7) is 4.66. The number of amides is 1. The number of carbonyl (C=O) groups excluding carboxylic acids is 1. The lowest BCUT2D eigenvalue weighted by Crippen LogP contribution is -2.45. The van der Waals surface area contributed by atoms with E-state index in [1.54, 1.807) is 6.08 Å². The van der Waals surface area contributed by atoms with Gasteiger partial charge in [-0.05, 0) is 109 Å². The lowest BCUT2D eigenvalue weighted by Gasteiger charge is -2.25. The molecule has 8 nitrogen and oxygen atoms in total. The van der Waals surface area contributed by atoms with Gasteiger partial charge < -0.3 is 19.8 Å². The average molecular weight is 1090 g/mol. The molecular formula is C68H116N2O6P+. The van der Waals surface area contributed by atoms with E-state index in [0.717, 1.165) is 116 Å². The number of phosphoric ester groups is 1. The van der Waals surface area contributed by atoms with Crippen molar-refractivity contribution in [2.45, 2.75) is 238 Å². The molecule has 0 saturated carbocycles. The van der Waals surface area contributed by atoms with E-state index in [2.05, 4.69) is 153 Å². The van der Waals surface area contributed by atoms with Gasteiger partial charge in [0.25, 0.3) is 0 Å². The Labute approximate surface area is 474 Å². The Kier molecular flexibility index (Phi) is 54.4. The van der Waals surface area contributed by atoms with Crippen molar-refractivity contribution in [3.8, 4) is 0 Å². The normalized spacial score (nSPS) is 14.8. The van der Waals surface area contributed by atoms with Crippen molar-refractivity contribution in [1.29, 1.82) is 0 Å². The average Bonchev–Trinajstić information content (AvgIpc) is 3.39. The summed E-state index contributed by atoms with van der Waals surface area (Å²) in [6.07, 6.45) is 88.2. The molecule has 0 aliphatic carbocycles. The van der Waals surface area contributed by atoms with Crippen LogP contribution in [0, 0.1) is 0 Å². The second kappa shape index (κ2) is 57.1. The van der Waals surface area contributed by atoms with E-state index >= 15 is 0 Å². The number of rotatable bonds is 54. The molecule has 3 atom stereocenters. The lowest BCUT2D eigenvalue weighted by atomic mass is 10.1. The number of hydrogen-bond acceptors (Lipinski definition) is 5. The van der Waals surface area contributed by atoms with Crippen LogP contribution in [0.5, 0.6) is 0 Å². The van der Waals surface area contributed by atoms with Crippen molar-refractivity contribution in [3.63, 3.8) is 0 Å². The van der Waals surface area contributed by atoms with Crippen LogP contribution in [0.1, 0.15) is 226 Å². The van der Waals surface area contributed by atoms with Gasteiger partial charge in [-0.15, -0.1) is 0 Å². The highest BCUT2D eigenvalue weighted by molar-refractivity contribution is 7.47. The molecule has 0 aromatic rings. The van der Waals surface area contributed by atoms with Crippen LogP contribution in [-0.4, -0.2) is 73.4 Å². The molecule has 0 aliphatic rings. The first-order chi connectivity index (χ1) is 37.5. The number of allylic oxidation sites excluding steroid dienone is 23. The Morgan fingerprint density at radius 1 is 0.455 bits per heavy atom. The van der Waals surface area contributed by atoms with Crippen molar-refractivity contribution >= 4 is 13.7 Å². The van der Waals surface area contributed by atoms with Crippen LogP contribution in [0.15, 0.2) is 146 Å². The summed E-state index contributed by atoms with van der Waals surface area (Å²) in [7, 11) is 1.53. The van der Waals surface area contributed by atoms with Crippen molar-refractivity contribution < 1.29 is 32.9 Å². The van der Waals surface area contributed by atoms with Gasteiger partial charge in [0.15, 0.2) is 0 Å². The highest BCUT2D eigenvalue weighted by Crippen LogP contribution is 2.43. The first kappa shape index (κ1) is 73.4. The quantitative estimate of drug-likeness (QED) is 0.0243. The monoisotopic (exact) mass is 1090 g/mol. The molecule has 0 aromatic carbocycles. The summed E-state index contributed by atoms with van der Waals surface area (Å²) >= 11 is 0. The maximum atomic E-state index is 13.0. The molecule has 0 saturated heterocycles. The SMILES string of the molecule is CC/C=C\C/C=C\C/C=C\C/C=C\C/C=C\C/C=C\C/C=C\C/C=C\C/C=C\C/C=C\CCCCCCCCCCC(=O)NC(COP(=O)(O)OCC[N+](C)(C)C)C(O)/C=C/CC/C=C/CCCCCCCCCCCC. The summed E-state index contributed by atoms with van der Waals surface area (Å²) in [5.74, 6) is -0.201. The standard InChI is InChI=1S/C68H115N2O6P/c1-6-8-10-12-14-16-18-20-22-24-25-26-27-28-29-30-31-32-33-34-35-36-37-38-39-40-41-42-43-44-45-46-48-50-52-54-56-58-60-62-68(72)69-66(65-76-77(73,74)75-64-63-70(3,4)5)67(71)61-59-57-55-53-51-49-47-23-21-19-17-15-13-11-9-7-2/h8,10,14,16,20,22,25-26,28-29,31-32,34-35,37-38,40-41,43-44,51,53,59,61,66-67,71H,6-7,9,11-13,15,17-19,21,23-24,27,30,33,36,39,42,45-50,52,54-58,60,62-65H2,1-5H3,(H-,69,72,73,74)/p+1/b10-8-,16-14-,22-20-,26-25-,29-28-,32-31-,35-34-,38-37-,41-40-,44-43-,53-51+,61-59+. The summed E-state index contributed by atoms with van der Waals surface area (Å²) in [5.41, 5.74) is 0. The maximum Gasteiger partial charge on any atom is 0.472 e. The molecule has 0 fully saturated rings. The highest BCUT2D eigenvalue weighted by atomic mass is 31.2. The second-order valence-electron chi connectivity index (χ2n) is 21.3. The molecule has 0 aliphatic heterocycles. The predicted molar refractivity (Wildman–Crippen MR) is 336 cm³/mol. The Bertz CT molecular complexity index is 1760. The second-order valence-corrected chi connectivity index (χ2v) is 22.8. The fourth-order valence-corrected chi connectivity index (χ4v) is 8.76. The minimum absolute atomic E-state index is 0.0472. The van der Waals surface area contributed by atoms with Crippen LogP contribution in [0.3, 0.4) is 0 Å². The molecule has 9 heteroatoms. The van der Waals surface area contributed by atoms with Crippen LogP contribution in [-0.2, 0) is 18.4 Å². The molecule has 3 N–H and O–H groups in total. The van der Waals surface area contributed by atoms with Gasteiger partial charge in [-0.3, -0.25) is 13.8 Å². The fraction of sp³-hybridized carbons (Fsp3) is 0.632. The molecule has 1 amide bonds. The molecule has 3 unspecified atom stereocenters. The summed E-state index contributed by atoms with van der Waals surface area (Å²) in [6, 6.07) is -0.878. The molecular weight excluding hydrogens is 972 g/mol. The molecule has 0 rings (SSSR count). The zero-order chi connectivity index (χ0) is 56.3. The lowest BCUT2D eigenvalue weighted by molar-refractivity contribution is -0.870. The third-order valence-corrected chi connectivity index (χ3v) is 13.8. The van der Waals surface area contributed by atoms with Crippen LogP contribution in [0.25, 0.3) is 0 Å². The van der Waals surface area contributed by atoms with E-state index < -0.39 is 20.0 Å². The van der Waals surface area contributed by atoms with Gasteiger partial charge in [-0.25, -0.2) is 4.57 Å². The molecule has 77 heavy (non-hydrogen) atoms. The molecule has 0 radical (unpaired) electrons. The van der Waals surface area contributed by atoms with Crippen molar-refractivity contribution in [1.82, 2.24) is 5.32 Å². The largest absolute Gasteiger partial charge is 0.472 e. The van der Waals surface area contributed by atoms with Gasteiger partial charge in [0.1, 0.15) is 13.2 Å². The third kappa shape index (κ3) is 59.9. The Hall–Kier alpha value is -3.62. The topological polar surface area (TPSA) is 105 Å². The third-order valence-electron chi connectivity index (χ3n) is 12.8. The first-order valence-corrected chi connectivity index (χ1v) is 32.2. The maximum absolute atomic E-state index is 13.0. The van der Waals surface area contributed by atoms with Gasteiger partial charge in [-0.1, -0.05) is 256 Å². The summed E-state index contributed by atoms with van der Waals surface area (Å²) in [4.78, 5) is 23.3. The highest BCUT2D eigenvalue weighted by Gasteiger charge is 2.27. The van der Waals surface area contributed by atoms with E-state index in [9.17, 15) is 19.4 Å². The van der Waals surface area contributed by atoms with Crippen LogP contribution in [0.4, 0.5) is 0 Å². The van der Waals surface area contributed by atoms with Crippen molar-refractivity contribution in [3.05, 3.63) is 146 Å². The van der Waals surface area contributed by atoms with E-state index in [4.69, 9.17) is 9.05 Å². The van der Waals surface area contributed by atoms with Crippen molar-refractivity contribution in [2.75, 3.05) is 40.9 Å². The van der Waals surface area contributed by atoms with Crippen molar-refractivity contribution in [2.24, 2.45) is 0 Å². The fourth-order valence-electron chi connectivity index (χ4n) is 8.03. The van der Waals surface area contributed by atoms with Crippen LogP contribution >= 0.6 is 7.82 Å². The van der Waals surface area contributed by atoms with Gasteiger partial charge in [0, 0.05) is 6.42 Å². The molecule has 0 heterocycles. The van der Waals surface area contributed by atoms with Crippen LogP contribution in [0.2, 0.25) is 0 Å². The summed E-state index contributed by atoms with van der Waals surface area (Å²) < 4.78 is 23.7. The van der Waals surface area contributed by atoms with E-state index in [0.29, 0.717) is 17.4 Å². The molecule has 0 aromatic heterocycles. The molecule has 438 valence electrons. The molecule has 0 bridgehead atoms. The number of hydrogen-bond donors (Lipinski definition) is 3. The Morgan fingerprint density at radius 2 is 0.792 bits per heavy atom. The number of nitrogens with zero attached hydrogens (tertiary/aromatic N) is 1. The van der Waals surface area contributed by atoms with Gasteiger partial charge in [-0.2, -0.15) is 0 Å². The number of likely N-dealkylation sites (N-methyl/N-ethyl adjacent to an activating group) is 1. The van der Waals surface area contributed by atoms with E-state index in [-0.39, 0.29) is 19.1 Å². The zero-order valence-electron chi connectivity index (χ0n) is 49.9. The number of carbonyl (C=O) groups is 1. The van der Waals surface area contributed by atoms with Gasteiger partial charge in [0.2, 0.25) is 5.91 Å². The zero-order valence-corrected chi connectivity index (χ0v) is 50.8. The predicted octanol–water partition coefficient (Wildman–Crippen LogP) is 19.3. The number of nitrogens with one attached hydrogen (secondary N) is 1. The molecule has 0 spiro atoms. The number of unbranched alkanes of at least 4 members (excludes halogenated alkanes) is 19. The van der Waals surface area contributed by atoms with Gasteiger partial charge in [0.05, 0.1) is 39.9 Å². The van der Waals surface area contributed by atoms with Gasteiger partial charge >= 0.3 is 7.82 Å². The number of aliphatic hydroxyl groups is 1.